The first-order valence-corrected chi connectivity index (χ1v) is 7.37. The van der Waals surface area contributed by atoms with E-state index in [-0.39, 0.29) is 48.0 Å². The number of likely N-dealkylation sites (tertiary alicyclic amines) is 2. The van der Waals surface area contributed by atoms with Gasteiger partial charge in [0.1, 0.15) is 13.1 Å². The number of quaternary nitrogens is 2. The molecule has 0 spiro atoms. The van der Waals surface area contributed by atoms with Crippen LogP contribution in [0.25, 0.3) is 0 Å². The molecule has 2 heterocycles. The molecule has 0 aromatic carbocycles. The molecule has 0 saturated carbocycles. The van der Waals surface area contributed by atoms with Crippen LogP contribution in [0.2, 0.25) is 0 Å². The smallest absolute Gasteiger partial charge is 0.102 e. The Morgan fingerprint density at radius 1 is 0.684 bits per heavy atom. The number of hydrogen-bond acceptors (Lipinski definition) is 1. The lowest BCUT2D eigenvalue weighted by molar-refractivity contribution is -0.901. The molecule has 0 unspecified atom stereocenters. The van der Waals surface area contributed by atoms with E-state index in [0.29, 0.717) is 0 Å². The van der Waals surface area contributed by atoms with Gasteiger partial charge >= 0.3 is 0 Å². The molecule has 0 amide bonds. The van der Waals surface area contributed by atoms with Crippen molar-refractivity contribution in [2.45, 2.75) is 25.7 Å². The lowest BCUT2D eigenvalue weighted by Gasteiger charge is -2.30. The van der Waals surface area contributed by atoms with Crippen LogP contribution < -0.4 is 48.0 Å². The molecule has 2 saturated heterocycles. The van der Waals surface area contributed by atoms with E-state index in [9.17, 15) is 0 Å². The standard InChI is InChI=1S/C14H30N2O.2HI/c1-15(7-3-4-8-15)11-13-17-14-12-16(2)9-5-6-10-16;;/h3-14H2,1-2H3;2*1H/q+2;;/p-2. The van der Waals surface area contributed by atoms with E-state index in [2.05, 4.69) is 14.1 Å². The van der Waals surface area contributed by atoms with E-state index in [0.717, 1.165) is 13.2 Å². The van der Waals surface area contributed by atoms with Gasteiger partial charge in [0.25, 0.3) is 0 Å². The second kappa shape index (κ2) is 9.38. The fourth-order valence-corrected chi connectivity index (χ4v) is 3.32. The van der Waals surface area contributed by atoms with Crippen molar-refractivity contribution in [3.8, 4) is 0 Å². The summed E-state index contributed by atoms with van der Waals surface area (Å²) in [4.78, 5) is 0. The van der Waals surface area contributed by atoms with E-state index >= 15 is 0 Å². The van der Waals surface area contributed by atoms with Crippen molar-refractivity contribution in [3.05, 3.63) is 0 Å². The van der Waals surface area contributed by atoms with Crippen molar-refractivity contribution in [1.82, 2.24) is 0 Å². The molecule has 3 nitrogen and oxygen atoms in total. The number of likely N-dealkylation sites (N-methyl/N-ethyl adjacent to an activating group) is 2. The van der Waals surface area contributed by atoms with E-state index in [1.807, 2.05) is 0 Å². The zero-order valence-corrected chi connectivity index (χ0v) is 16.9. The van der Waals surface area contributed by atoms with Crippen LogP contribution in [-0.4, -0.2) is 75.5 Å². The molecular formula is C14H30I2N2O. The normalized spacial score (nSPS) is 23.7. The predicted octanol–water partition coefficient (Wildman–Crippen LogP) is -4.51. The lowest BCUT2D eigenvalue weighted by atomic mass is 10.4. The summed E-state index contributed by atoms with van der Waals surface area (Å²) in [5.74, 6) is 0. The maximum atomic E-state index is 5.86. The average Bonchev–Trinajstić information content (AvgIpc) is 2.89. The second-order valence-electron chi connectivity index (χ2n) is 6.61. The minimum atomic E-state index is 0. The minimum Gasteiger partial charge on any atom is -1.00 e. The van der Waals surface area contributed by atoms with E-state index in [4.69, 9.17) is 4.74 Å². The van der Waals surface area contributed by atoms with Crippen LogP contribution in [-0.2, 0) is 4.74 Å². The topological polar surface area (TPSA) is 9.23 Å². The van der Waals surface area contributed by atoms with Crippen LogP contribution in [0.3, 0.4) is 0 Å². The zero-order valence-electron chi connectivity index (χ0n) is 12.5. The van der Waals surface area contributed by atoms with E-state index in [1.54, 1.807) is 0 Å². The van der Waals surface area contributed by atoms with Crippen LogP contribution in [0, 0.1) is 0 Å². The van der Waals surface area contributed by atoms with E-state index in [1.165, 1.54) is 73.9 Å². The van der Waals surface area contributed by atoms with Gasteiger partial charge in [-0.05, 0) is 0 Å². The third-order valence-corrected chi connectivity index (χ3v) is 4.84. The van der Waals surface area contributed by atoms with Gasteiger partial charge in [0.05, 0.1) is 53.5 Å². The predicted molar refractivity (Wildman–Crippen MR) is 70.9 cm³/mol. The quantitative estimate of drug-likeness (QED) is 0.205. The van der Waals surface area contributed by atoms with Crippen LogP contribution in [0.15, 0.2) is 0 Å². The number of hydrogen-bond donors (Lipinski definition) is 0. The Bertz CT molecular complexity index is 216. The first-order chi connectivity index (χ1) is 8.12. The number of nitrogens with zero attached hydrogens (tertiary/aromatic N) is 2. The summed E-state index contributed by atoms with van der Waals surface area (Å²) < 4.78 is 8.34. The summed E-state index contributed by atoms with van der Waals surface area (Å²) in [5, 5.41) is 0. The highest BCUT2D eigenvalue weighted by Gasteiger charge is 2.27. The number of rotatable bonds is 6. The molecule has 5 heteroatoms. The summed E-state index contributed by atoms with van der Waals surface area (Å²) in [6, 6.07) is 0. The highest BCUT2D eigenvalue weighted by atomic mass is 127. The van der Waals surface area contributed by atoms with Gasteiger partial charge in [-0.2, -0.15) is 0 Å². The Morgan fingerprint density at radius 3 is 1.32 bits per heavy atom. The fourth-order valence-electron chi connectivity index (χ4n) is 3.32. The van der Waals surface area contributed by atoms with Crippen LogP contribution in [0.5, 0.6) is 0 Å². The largest absolute Gasteiger partial charge is 1.00 e. The Morgan fingerprint density at radius 2 is 1.00 bits per heavy atom. The van der Waals surface area contributed by atoms with Crippen LogP contribution in [0.4, 0.5) is 0 Å². The minimum absolute atomic E-state index is 0. The maximum absolute atomic E-state index is 5.86. The zero-order chi connectivity index (χ0) is 12.2. The molecule has 2 rings (SSSR count). The van der Waals surface area contributed by atoms with Crippen molar-refractivity contribution in [2.24, 2.45) is 0 Å². The van der Waals surface area contributed by atoms with Gasteiger partial charge in [0.2, 0.25) is 0 Å². The van der Waals surface area contributed by atoms with Crippen LogP contribution >= 0.6 is 0 Å². The molecule has 2 fully saturated rings. The van der Waals surface area contributed by atoms with Gasteiger partial charge < -0.3 is 61.7 Å². The van der Waals surface area contributed by atoms with Gasteiger partial charge in [-0.15, -0.1) is 0 Å². The molecule has 0 radical (unpaired) electrons. The third kappa shape index (κ3) is 6.76. The van der Waals surface area contributed by atoms with Gasteiger partial charge in [0, 0.05) is 25.7 Å². The Hall–Kier alpha value is 1.34. The number of ether oxygens (including phenoxy) is 1. The van der Waals surface area contributed by atoms with Gasteiger partial charge in [-0.3, -0.25) is 0 Å². The molecule has 19 heavy (non-hydrogen) atoms. The molecule has 116 valence electrons. The van der Waals surface area contributed by atoms with Crippen molar-refractivity contribution in [1.29, 1.82) is 0 Å². The number of halogens is 2. The SMILES string of the molecule is C[N+]1(CCOCC[N+]2(C)CCCC2)CCCC1.[I-].[I-]. The highest BCUT2D eigenvalue weighted by molar-refractivity contribution is 4.53. The Kier molecular flexibility index (Phi) is 10.0. The summed E-state index contributed by atoms with van der Waals surface area (Å²) in [6.45, 7) is 9.77. The molecule has 0 aromatic rings. The van der Waals surface area contributed by atoms with Crippen molar-refractivity contribution in [2.75, 3.05) is 66.6 Å². The lowest BCUT2D eigenvalue weighted by Crippen LogP contribution is -3.00. The monoisotopic (exact) mass is 496 g/mol. The van der Waals surface area contributed by atoms with Crippen molar-refractivity contribution >= 4 is 0 Å². The molecule has 0 N–H and O–H groups in total. The Balaban J connectivity index is 0.00000162. The van der Waals surface area contributed by atoms with Gasteiger partial charge in [0.15, 0.2) is 0 Å². The van der Waals surface area contributed by atoms with Crippen molar-refractivity contribution in [3.63, 3.8) is 0 Å². The molecule has 0 aliphatic carbocycles. The van der Waals surface area contributed by atoms with Gasteiger partial charge in [-0.25, -0.2) is 0 Å². The molecule has 2 aliphatic rings. The molecule has 0 aromatic heterocycles. The van der Waals surface area contributed by atoms with Gasteiger partial charge in [-0.1, -0.05) is 0 Å². The molecule has 0 bridgehead atoms. The summed E-state index contributed by atoms with van der Waals surface area (Å²) in [5.41, 5.74) is 0. The van der Waals surface area contributed by atoms with Crippen molar-refractivity contribution < 1.29 is 61.7 Å². The molecule has 2 aliphatic heterocycles. The maximum Gasteiger partial charge on any atom is 0.102 e. The summed E-state index contributed by atoms with van der Waals surface area (Å²) in [6.07, 6.45) is 5.63. The Labute approximate surface area is 153 Å². The summed E-state index contributed by atoms with van der Waals surface area (Å²) in [7, 11) is 4.76. The summed E-state index contributed by atoms with van der Waals surface area (Å²) >= 11 is 0. The third-order valence-electron chi connectivity index (χ3n) is 4.84. The fraction of sp³-hybridized carbons (Fsp3) is 1.00. The average molecular weight is 496 g/mol. The van der Waals surface area contributed by atoms with E-state index < -0.39 is 0 Å². The first-order valence-electron chi connectivity index (χ1n) is 7.37. The van der Waals surface area contributed by atoms with Crippen LogP contribution in [0.1, 0.15) is 25.7 Å². The molecule has 0 atom stereocenters. The highest BCUT2D eigenvalue weighted by Crippen LogP contribution is 2.16. The molecular weight excluding hydrogens is 466 g/mol. The second-order valence-corrected chi connectivity index (χ2v) is 6.61. The first kappa shape index (κ1) is 20.3.